The summed E-state index contributed by atoms with van der Waals surface area (Å²) >= 11 is 3.65. The zero-order valence-corrected chi connectivity index (χ0v) is 62.6. The van der Waals surface area contributed by atoms with E-state index in [-0.39, 0.29) is 0 Å². The van der Waals surface area contributed by atoms with Crippen LogP contribution in [0, 0.1) is 0 Å². The van der Waals surface area contributed by atoms with Crippen molar-refractivity contribution in [3.05, 3.63) is 429 Å². The monoisotopic (exact) mass is 1500 g/mol. The number of nitrogens with zero attached hydrogens (tertiary/aromatic N) is 2. The van der Waals surface area contributed by atoms with Gasteiger partial charge in [-0.15, -0.1) is 0 Å². The van der Waals surface area contributed by atoms with E-state index in [0.717, 1.165) is 110 Å². The van der Waals surface area contributed by atoms with Crippen LogP contribution in [0.25, 0.3) is 143 Å². The fourth-order valence-corrected chi connectivity index (χ4v) is 15.8. The first-order valence-corrected chi connectivity index (χ1v) is 38.4. The normalized spacial score (nSPS) is 11.2. The van der Waals surface area contributed by atoms with Crippen LogP contribution in [-0.2, 0) is 0 Å². The molecule has 0 atom stereocenters. The first-order chi connectivity index (χ1) is 55.3. The van der Waals surface area contributed by atoms with E-state index in [2.05, 4.69) is 384 Å². The predicted molar refractivity (Wildman–Crippen MR) is 474 cm³/mol. The van der Waals surface area contributed by atoms with Crippen molar-refractivity contribution in [2.75, 3.05) is 9.80 Å². The Kier molecular flexibility index (Phi) is 19.6. The molecule has 0 unspecified atom stereocenters. The minimum atomic E-state index is -1.44. The zero-order chi connectivity index (χ0) is 75.3. The number of benzene rings is 18. The number of rotatable bonds is 14. The molecule has 0 radical (unpaired) electrons. The molecule has 0 amide bonds. The Morgan fingerprint density at radius 3 is 0.946 bits per heavy atom. The highest BCUT2D eigenvalue weighted by Crippen LogP contribution is 2.47. The fraction of sp³-hybridized carbons (Fsp3) is 0. The molecule has 2 aromatic heterocycles. The van der Waals surface area contributed by atoms with Crippen molar-refractivity contribution >= 4 is 128 Å². The Bertz CT molecular complexity index is 6710. The number of halogens is 1. The van der Waals surface area contributed by atoms with E-state index in [1.807, 2.05) is 54.6 Å². The second kappa shape index (κ2) is 31.4. The van der Waals surface area contributed by atoms with Crippen molar-refractivity contribution in [2.45, 2.75) is 0 Å². The van der Waals surface area contributed by atoms with Gasteiger partial charge in [-0.2, -0.15) is 0 Å². The fourth-order valence-electron chi connectivity index (χ4n) is 15.4. The second-order valence-corrected chi connectivity index (χ2v) is 28.6. The van der Waals surface area contributed by atoms with Crippen LogP contribution in [0.1, 0.15) is 0 Å². The van der Waals surface area contributed by atoms with Crippen molar-refractivity contribution in [1.82, 2.24) is 0 Å². The van der Waals surface area contributed by atoms with Gasteiger partial charge in [0.05, 0.1) is 15.8 Å². The largest absolute Gasteiger partial charge is 0.488 e. The molecule has 6 nitrogen and oxygen atoms in total. The van der Waals surface area contributed by atoms with Gasteiger partial charge in [0, 0.05) is 49.9 Å². The molecule has 0 aliphatic rings. The van der Waals surface area contributed by atoms with Gasteiger partial charge in [0.15, 0.2) is 11.2 Å². The molecule has 0 bridgehead atoms. The molecular weight excluding hydrogens is 1430 g/mol. The highest BCUT2D eigenvalue weighted by Gasteiger charge is 2.24. The van der Waals surface area contributed by atoms with E-state index in [9.17, 15) is 10.0 Å². The average Bonchev–Trinajstić information content (AvgIpc) is 1.66. The van der Waals surface area contributed by atoms with Crippen LogP contribution in [0.5, 0.6) is 0 Å². The zero-order valence-electron chi connectivity index (χ0n) is 61.0. The summed E-state index contributed by atoms with van der Waals surface area (Å²) in [5, 5.41) is 27.9. The molecule has 0 saturated carbocycles. The molecule has 2 N–H and O–H groups in total. The van der Waals surface area contributed by atoms with Gasteiger partial charge in [0.1, 0.15) is 11.2 Å². The lowest BCUT2D eigenvalue weighted by molar-refractivity contribution is 0.426. The third-order valence-electron chi connectivity index (χ3n) is 20.9. The highest BCUT2D eigenvalue weighted by molar-refractivity contribution is 9.10. The molecule has 20 aromatic rings. The topological polar surface area (TPSA) is 73.2 Å². The minimum absolute atomic E-state index is 0.493. The second-order valence-electron chi connectivity index (χ2n) is 27.8. The standard InChI is InChI=1S/C52H35NO.C30H20BrNO.C22H17BO2/c1-3-13-36(14-4-1)38-31-33-44(34-32-38)53(43-17-5-2-6-18-43)50-24-12-23-49-48-22-11-21-47(51(48)54-52(49)50)40-28-26-39(27-29-40)45-19-9-10-20-46(45)42-30-25-37-15-7-8-16-41(37)35-42;31-27-15-7-13-25-26-14-8-16-28(30(26)33-29(25)27)32(23-11-5-2-6-12-23)24-19-17-22(18-20-24)21-9-3-1-4-10-21;24-23(25)20-13-11-17(12-14-20)21-7-3-4-8-22(21)19-10-9-16-5-1-2-6-18(16)15-19/h1-35H;1-20H;1-15,24-25H. The molecular formula is C104H72BBrN2O4. The number of para-hydroxylation sites is 6. The van der Waals surface area contributed by atoms with Crippen LogP contribution in [0.4, 0.5) is 34.1 Å². The Balaban J connectivity index is 0.000000128. The molecule has 112 heavy (non-hydrogen) atoms. The van der Waals surface area contributed by atoms with Crippen molar-refractivity contribution in [3.8, 4) is 77.9 Å². The molecule has 0 spiro atoms. The summed E-state index contributed by atoms with van der Waals surface area (Å²) in [7, 11) is -1.44. The summed E-state index contributed by atoms with van der Waals surface area (Å²) in [6, 6.07) is 148. The number of fused-ring (bicyclic) bond motifs is 8. The molecule has 0 fully saturated rings. The van der Waals surface area contributed by atoms with Crippen molar-refractivity contribution in [2.24, 2.45) is 0 Å². The van der Waals surface area contributed by atoms with Gasteiger partial charge < -0.3 is 28.7 Å². The van der Waals surface area contributed by atoms with Crippen LogP contribution in [0.2, 0.25) is 0 Å². The summed E-state index contributed by atoms with van der Waals surface area (Å²) in [6.07, 6.45) is 0. The van der Waals surface area contributed by atoms with Crippen LogP contribution < -0.4 is 15.3 Å². The van der Waals surface area contributed by atoms with Gasteiger partial charge in [0.2, 0.25) is 0 Å². The average molecular weight is 1500 g/mol. The lowest BCUT2D eigenvalue weighted by atomic mass is 9.79. The van der Waals surface area contributed by atoms with Crippen LogP contribution >= 0.6 is 15.9 Å². The predicted octanol–water partition coefficient (Wildman–Crippen LogP) is 28.2. The van der Waals surface area contributed by atoms with Crippen LogP contribution in [0.3, 0.4) is 0 Å². The molecule has 8 heteroatoms. The van der Waals surface area contributed by atoms with E-state index in [4.69, 9.17) is 8.83 Å². The van der Waals surface area contributed by atoms with Crippen molar-refractivity contribution in [3.63, 3.8) is 0 Å². The Labute approximate surface area is 659 Å². The SMILES string of the molecule is Brc1cccc2c1oc1c(N(c3ccccc3)c3ccc(-c4ccccc4)cc3)cccc12.OB(O)c1ccc(-c2ccccc2-c2ccc3ccccc3c2)cc1.c1ccc(-c2ccc(N(c3ccccc3)c3cccc4c3oc3c(-c5ccc(-c6ccccc6-c6ccc7ccccc7c6)cc5)cccc34)cc2)cc1. The number of furan rings is 2. The summed E-state index contributed by atoms with van der Waals surface area (Å²) in [6.45, 7) is 0. The first-order valence-electron chi connectivity index (χ1n) is 37.6. The van der Waals surface area contributed by atoms with Crippen molar-refractivity contribution in [1.29, 1.82) is 0 Å². The maximum Gasteiger partial charge on any atom is 0.488 e. The molecule has 0 saturated heterocycles. The maximum atomic E-state index is 9.27. The quantitative estimate of drug-likeness (QED) is 0.106. The van der Waals surface area contributed by atoms with E-state index in [0.29, 0.717) is 5.46 Å². The summed E-state index contributed by atoms with van der Waals surface area (Å²) in [5.41, 5.74) is 26.6. The van der Waals surface area contributed by atoms with Gasteiger partial charge in [-0.25, -0.2) is 0 Å². The van der Waals surface area contributed by atoms with Gasteiger partial charge in [-0.3, -0.25) is 0 Å². The lowest BCUT2D eigenvalue weighted by Crippen LogP contribution is -2.29. The Hall–Kier alpha value is -13.9. The third kappa shape index (κ3) is 14.1. The highest BCUT2D eigenvalue weighted by atomic mass is 79.9. The smallest absolute Gasteiger partial charge is 0.453 e. The van der Waals surface area contributed by atoms with E-state index < -0.39 is 7.12 Å². The van der Waals surface area contributed by atoms with Gasteiger partial charge >= 0.3 is 7.12 Å². The Morgan fingerprint density at radius 1 is 0.214 bits per heavy atom. The summed E-state index contributed by atoms with van der Waals surface area (Å²) in [4.78, 5) is 4.55. The third-order valence-corrected chi connectivity index (χ3v) is 21.6. The number of hydrogen-bond acceptors (Lipinski definition) is 6. The lowest BCUT2D eigenvalue weighted by Gasteiger charge is -2.25. The Morgan fingerprint density at radius 2 is 0.509 bits per heavy atom. The van der Waals surface area contributed by atoms with Gasteiger partial charge in [-0.1, -0.05) is 346 Å². The molecule has 18 aromatic carbocycles. The minimum Gasteiger partial charge on any atom is -0.453 e. The molecule has 0 aliphatic carbocycles. The van der Waals surface area contributed by atoms with Crippen LogP contribution in [-0.4, -0.2) is 17.2 Å². The molecule has 532 valence electrons. The number of hydrogen-bond donors (Lipinski definition) is 2. The van der Waals surface area contributed by atoms with E-state index in [1.54, 1.807) is 12.1 Å². The summed E-state index contributed by atoms with van der Waals surface area (Å²) < 4.78 is 14.4. The van der Waals surface area contributed by atoms with E-state index in [1.165, 1.54) is 71.6 Å². The molecule has 20 rings (SSSR count). The van der Waals surface area contributed by atoms with Crippen LogP contribution in [0.15, 0.2) is 438 Å². The first kappa shape index (κ1) is 69.9. The summed E-state index contributed by atoms with van der Waals surface area (Å²) in [5.74, 6) is 0. The van der Waals surface area contributed by atoms with Crippen molar-refractivity contribution < 1.29 is 18.9 Å². The number of anilines is 6. The molecule has 2 heterocycles. The van der Waals surface area contributed by atoms with Gasteiger partial charge in [0.25, 0.3) is 0 Å². The van der Waals surface area contributed by atoms with E-state index >= 15 is 0 Å². The maximum absolute atomic E-state index is 9.27. The van der Waals surface area contributed by atoms with Gasteiger partial charge in [-0.05, 0) is 194 Å². The molecule has 0 aliphatic heterocycles.